The summed E-state index contributed by atoms with van der Waals surface area (Å²) < 4.78 is 5.06. The van der Waals surface area contributed by atoms with Crippen LogP contribution in [0, 0.1) is 5.92 Å². The molecule has 0 saturated heterocycles. The summed E-state index contributed by atoms with van der Waals surface area (Å²) in [6.45, 7) is 6.00. The Bertz CT molecular complexity index is 130. The molecule has 0 aliphatic carbocycles. The van der Waals surface area contributed by atoms with Gasteiger partial charge in [0.1, 0.15) is 0 Å². The van der Waals surface area contributed by atoms with E-state index < -0.39 is 0 Å². The highest BCUT2D eigenvalue weighted by molar-refractivity contribution is 4.90. The lowest BCUT2D eigenvalue weighted by molar-refractivity contribution is 0.120. The van der Waals surface area contributed by atoms with E-state index in [1.54, 1.807) is 7.11 Å². The van der Waals surface area contributed by atoms with Crippen LogP contribution in [0.1, 0.15) is 27.2 Å². The second kappa shape index (κ2) is 6.21. The van der Waals surface area contributed by atoms with Crippen molar-refractivity contribution in [1.29, 1.82) is 0 Å². The first-order chi connectivity index (χ1) is 5.57. The Kier molecular flexibility index (Phi) is 6.03. The Balaban J connectivity index is 3.61. The zero-order valence-electron chi connectivity index (χ0n) is 8.45. The largest absolute Gasteiger partial charge is 0.389 e. The lowest BCUT2D eigenvalue weighted by Crippen LogP contribution is -2.11. The zero-order valence-corrected chi connectivity index (χ0v) is 8.45. The zero-order chi connectivity index (χ0) is 9.56. The molecule has 0 heterocycles. The Labute approximate surface area is 75.2 Å². The van der Waals surface area contributed by atoms with Gasteiger partial charge in [-0.2, -0.15) is 0 Å². The molecule has 72 valence electrons. The van der Waals surface area contributed by atoms with Crippen molar-refractivity contribution in [3.63, 3.8) is 0 Å². The molecule has 0 bridgehead atoms. The van der Waals surface area contributed by atoms with Crippen LogP contribution in [0.25, 0.3) is 0 Å². The predicted molar refractivity (Wildman–Crippen MR) is 51.1 cm³/mol. The van der Waals surface area contributed by atoms with E-state index in [1.807, 2.05) is 32.9 Å². The van der Waals surface area contributed by atoms with Gasteiger partial charge in [0.05, 0.1) is 12.2 Å². The average molecular weight is 172 g/mol. The van der Waals surface area contributed by atoms with Crippen LogP contribution in [0.2, 0.25) is 0 Å². The number of ether oxygens (including phenoxy) is 1. The Morgan fingerprint density at radius 2 is 1.92 bits per heavy atom. The summed E-state index contributed by atoms with van der Waals surface area (Å²) in [5.41, 5.74) is 0. The summed E-state index contributed by atoms with van der Waals surface area (Å²) >= 11 is 0. The maximum atomic E-state index is 9.38. The molecule has 0 rings (SSSR count). The summed E-state index contributed by atoms with van der Waals surface area (Å²) in [6.07, 6.45) is 4.58. The number of rotatable bonds is 5. The Hall–Kier alpha value is -0.340. The van der Waals surface area contributed by atoms with Gasteiger partial charge in [0.15, 0.2) is 0 Å². The third kappa shape index (κ3) is 5.33. The van der Waals surface area contributed by atoms with Crippen LogP contribution in [0.15, 0.2) is 12.2 Å². The van der Waals surface area contributed by atoms with Gasteiger partial charge in [-0.1, -0.05) is 26.0 Å². The van der Waals surface area contributed by atoms with Gasteiger partial charge < -0.3 is 9.84 Å². The van der Waals surface area contributed by atoms with Crippen molar-refractivity contribution in [1.82, 2.24) is 0 Å². The highest BCUT2D eigenvalue weighted by Gasteiger charge is 2.03. The number of aliphatic hydroxyl groups is 1. The summed E-state index contributed by atoms with van der Waals surface area (Å²) in [6, 6.07) is 0. The Morgan fingerprint density at radius 3 is 2.33 bits per heavy atom. The highest BCUT2D eigenvalue weighted by atomic mass is 16.5. The molecule has 2 nitrogen and oxygen atoms in total. The molecule has 12 heavy (non-hydrogen) atoms. The fourth-order valence-corrected chi connectivity index (χ4v) is 0.728. The van der Waals surface area contributed by atoms with Crippen molar-refractivity contribution < 1.29 is 9.84 Å². The van der Waals surface area contributed by atoms with E-state index in [2.05, 4.69) is 0 Å². The van der Waals surface area contributed by atoms with E-state index in [1.165, 1.54) is 0 Å². The second-order valence-corrected chi connectivity index (χ2v) is 3.44. The lowest BCUT2D eigenvalue weighted by Gasteiger charge is -2.09. The first-order valence-corrected chi connectivity index (χ1v) is 4.45. The molecular weight excluding hydrogens is 152 g/mol. The van der Waals surface area contributed by atoms with Gasteiger partial charge in [0.25, 0.3) is 0 Å². The number of aliphatic hydroxyl groups excluding tert-OH is 1. The van der Waals surface area contributed by atoms with E-state index >= 15 is 0 Å². The topological polar surface area (TPSA) is 29.5 Å². The van der Waals surface area contributed by atoms with Crippen molar-refractivity contribution in [3.8, 4) is 0 Å². The molecule has 2 heteroatoms. The van der Waals surface area contributed by atoms with Gasteiger partial charge in [0, 0.05) is 7.11 Å². The maximum Gasteiger partial charge on any atom is 0.0743 e. The minimum Gasteiger partial charge on any atom is -0.389 e. The third-order valence-electron chi connectivity index (χ3n) is 1.89. The highest BCUT2D eigenvalue weighted by Crippen LogP contribution is 2.04. The Morgan fingerprint density at radius 1 is 1.33 bits per heavy atom. The van der Waals surface area contributed by atoms with Crippen LogP contribution in [0.3, 0.4) is 0 Å². The van der Waals surface area contributed by atoms with E-state index in [4.69, 9.17) is 4.74 Å². The summed E-state index contributed by atoms with van der Waals surface area (Å²) in [4.78, 5) is 0. The molecule has 0 radical (unpaired) electrons. The van der Waals surface area contributed by atoms with Crippen molar-refractivity contribution in [2.45, 2.75) is 39.4 Å². The van der Waals surface area contributed by atoms with Gasteiger partial charge >= 0.3 is 0 Å². The molecule has 0 amide bonds. The molecule has 0 spiro atoms. The molecule has 1 N–H and O–H groups in total. The molecule has 0 aliphatic rings. The molecular formula is C10H20O2. The van der Waals surface area contributed by atoms with Crippen LogP contribution >= 0.6 is 0 Å². The van der Waals surface area contributed by atoms with Crippen LogP contribution in [0.5, 0.6) is 0 Å². The van der Waals surface area contributed by atoms with Crippen LogP contribution in [-0.4, -0.2) is 24.4 Å². The first kappa shape index (κ1) is 11.7. The molecule has 0 aliphatic heterocycles. The molecule has 0 aromatic carbocycles. The molecule has 0 aromatic heterocycles. The fourth-order valence-electron chi connectivity index (χ4n) is 0.728. The normalized spacial score (nSPS) is 17.2. The van der Waals surface area contributed by atoms with Crippen molar-refractivity contribution >= 4 is 0 Å². The minimum atomic E-state index is -0.325. The van der Waals surface area contributed by atoms with Crippen molar-refractivity contribution in [2.75, 3.05) is 7.11 Å². The SMILES string of the molecule is COC(C)CC=CC(O)C(C)C. The quantitative estimate of drug-likeness (QED) is 0.643. The van der Waals surface area contributed by atoms with Crippen LogP contribution < -0.4 is 0 Å². The molecule has 0 fully saturated rings. The number of hydrogen-bond donors (Lipinski definition) is 1. The monoisotopic (exact) mass is 172 g/mol. The summed E-state index contributed by atoms with van der Waals surface area (Å²) in [5.74, 6) is 0.291. The molecule has 0 saturated carbocycles. The predicted octanol–water partition coefficient (Wildman–Crippen LogP) is 1.98. The molecule has 2 unspecified atom stereocenters. The second-order valence-electron chi connectivity index (χ2n) is 3.44. The average Bonchev–Trinajstić information content (AvgIpc) is 2.03. The van der Waals surface area contributed by atoms with E-state index in [0.29, 0.717) is 5.92 Å². The summed E-state index contributed by atoms with van der Waals surface area (Å²) in [7, 11) is 1.69. The van der Waals surface area contributed by atoms with E-state index in [-0.39, 0.29) is 12.2 Å². The fraction of sp³-hybridized carbons (Fsp3) is 0.800. The maximum absolute atomic E-state index is 9.38. The van der Waals surface area contributed by atoms with Crippen LogP contribution in [0.4, 0.5) is 0 Å². The molecule has 0 aromatic rings. The lowest BCUT2D eigenvalue weighted by atomic mass is 10.1. The number of methoxy groups -OCH3 is 1. The van der Waals surface area contributed by atoms with Crippen molar-refractivity contribution in [3.05, 3.63) is 12.2 Å². The van der Waals surface area contributed by atoms with Crippen LogP contribution in [-0.2, 0) is 4.74 Å². The van der Waals surface area contributed by atoms with Gasteiger partial charge in [-0.05, 0) is 19.3 Å². The first-order valence-electron chi connectivity index (χ1n) is 4.45. The minimum absolute atomic E-state index is 0.237. The molecule has 2 atom stereocenters. The van der Waals surface area contributed by atoms with E-state index in [0.717, 1.165) is 6.42 Å². The summed E-state index contributed by atoms with van der Waals surface area (Å²) in [5, 5.41) is 9.38. The van der Waals surface area contributed by atoms with E-state index in [9.17, 15) is 5.11 Å². The smallest absolute Gasteiger partial charge is 0.0743 e. The van der Waals surface area contributed by atoms with Gasteiger partial charge in [-0.3, -0.25) is 0 Å². The van der Waals surface area contributed by atoms with Crippen molar-refractivity contribution in [2.24, 2.45) is 5.92 Å². The standard InChI is InChI=1S/C10H20O2/c1-8(2)10(11)7-5-6-9(3)12-4/h5,7-11H,6H2,1-4H3. The third-order valence-corrected chi connectivity index (χ3v) is 1.89. The van der Waals surface area contributed by atoms with Gasteiger partial charge in [-0.25, -0.2) is 0 Å². The number of hydrogen-bond acceptors (Lipinski definition) is 2. The van der Waals surface area contributed by atoms with Gasteiger partial charge in [0.2, 0.25) is 0 Å². The van der Waals surface area contributed by atoms with Gasteiger partial charge in [-0.15, -0.1) is 0 Å².